The molecule has 222 valence electrons. The number of hydrogen-bond acceptors (Lipinski definition) is 4. The molecule has 0 fully saturated rings. The predicted molar refractivity (Wildman–Crippen MR) is 149 cm³/mol. The van der Waals surface area contributed by atoms with E-state index in [1.807, 2.05) is 0 Å². The minimum atomic E-state index is -5.04. The van der Waals surface area contributed by atoms with Crippen LogP contribution in [0.15, 0.2) is 60.7 Å². The molecule has 0 bridgehead atoms. The van der Waals surface area contributed by atoms with Gasteiger partial charge in [-0.2, -0.15) is 13.2 Å². The maximum atomic E-state index is 13.6. The summed E-state index contributed by atoms with van der Waals surface area (Å²) in [4.78, 5) is 41.7. The highest BCUT2D eigenvalue weighted by molar-refractivity contribution is 6.31. The van der Waals surface area contributed by atoms with E-state index < -0.39 is 52.9 Å². The largest absolute Gasteiger partial charge is 0.489 e. The molecule has 13 heteroatoms. The third-order valence-corrected chi connectivity index (χ3v) is 7.09. The van der Waals surface area contributed by atoms with E-state index in [2.05, 4.69) is 10.6 Å². The van der Waals surface area contributed by atoms with Crippen molar-refractivity contribution >= 4 is 46.6 Å². The molecule has 3 aromatic rings. The quantitative estimate of drug-likeness (QED) is 0.324. The number of alkyl halides is 3. The Kier molecular flexibility index (Phi) is 9.32. The van der Waals surface area contributed by atoms with Gasteiger partial charge >= 0.3 is 6.18 Å². The van der Waals surface area contributed by atoms with Gasteiger partial charge in [0.2, 0.25) is 5.91 Å². The molecule has 42 heavy (non-hydrogen) atoms. The fourth-order valence-electron chi connectivity index (χ4n) is 4.52. The average Bonchev–Trinajstić information content (AvgIpc) is 3.04. The molecule has 7 nitrogen and oxygen atoms in total. The molecule has 0 radical (unpaired) electrons. The third-order valence-electron chi connectivity index (χ3n) is 6.49. The lowest BCUT2D eigenvalue weighted by molar-refractivity contribution is -0.138. The van der Waals surface area contributed by atoms with Crippen LogP contribution in [0.4, 0.5) is 23.2 Å². The number of fused-ring (bicyclic) bond motifs is 1. The Morgan fingerprint density at radius 1 is 1.07 bits per heavy atom. The Bertz CT molecular complexity index is 1520. The zero-order chi connectivity index (χ0) is 30.8. The van der Waals surface area contributed by atoms with E-state index in [0.717, 1.165) is 0 Å². The van der Waals surface area contributed by atoms with Crippen molar-refractivity contribution in [2.45, 2.75) is 44.6 Å². The normalized spacial score (nSPS) is 15.9. The number of hydrogen-bond donors (Lipinski definition) is 2. The Morgan fingerprint density at radius 3 is 2.45 bits per heavy atom. The van der Waals surface area contributed by atoms with E-state index in [9.17, 15) is 31.9 Å². The first-order chi connectivity index (χ1) is 19.8. The van der Waals surface area contributed by atoms with Crippen LogP contribution in [0.1, 0.15) is 35.3 Å². The van der Waals surface area contributed by atoms with E-state index in [0.29, 0.717) is 34.2 Å². The molecule has 0 saturated carbocycles. The van der Waals surface area contributed by atoms with Crippen LogP contribution in [0.25, 0.3) is 0 Å². The minimum Gasteiger partial charge on any atom is -0.489 e. The Hall–Kier alpha value is -3.83. The molecule has 2 atom stereocenters. The number of nitrogens with one attached hydrogen (secondary N) is 2. The van der Waals surface area contributed by atoms with E-state index in [-0.39, 0.29) is 30.2 Å². The van der Waals surface area contributed by atoms with Gasteiger partial charge in [-0.25, -0.2) is 4.39 Å². The predicted octanol–water partition coefficient (Wildman–Crippen LogP) is 5.81. The number of carbonyl (C=O) groups is 3. The highest BCUT2D eigenvalue weighted by atomic mass is 35.5. The number of halogens is 6. The molecule has 0 spiro atoms. The van der Waals surface area contributed by atoms with Gasteiger partial charge < -0.3 is 20.3 Å². The van der Waals surface area contributed by atoms with Crippen molar-refractivity contribution in [1.29, 1.82) is 0 Å². The molecule has 2 N–H and O–H groups in total. The fourth-order valence-corrected chi connectivity index (χ4v) is 4.90. The van der Waals surface area contributed by atoms with Crippen molar-refractivity contribution < 1.29 is 36.7 Å². The second-order valence-electron chi connectivity index (χ2n) is 9.80. The summed E-state index contributed by atoms with van der Waals surface area (Å²) in [6.07, 6.45) is -5.27. The van der Waals surface area contributed by atoms with Gasteiger partial charge in [-0.1, -0.05) is 41.4 Å². The van der Waals surface area contributed by atoms with Gasteiger partial charge in [0.05, 0.1) is 16.8 Å². The summed E-state index contributed by atoms with van der Waals surface area (Å²) in [5.74, 6) is -3.54. The SMILES string of the molecule is CC(C)N1C(=O)[C@H](NC(=O)[C@@H](Cc2ccccc2Cl)NC(=O)c2ccc(F)cc2C(F)(F)F)COc2cc(Cl)ccc21. The average molecular weight is 626 g/mol. The van der Waals surface area contributed by atoms with Gasteiger partial charge in [-0.15, -0.1) is 0 Å². The standard InChI is InChI=1S/C29H25Cl2F4N3O4/c1-15(2)38-24-10-7-17(30)12-25(24)42-14-23(28(38)41)37-27(40)22(11-16-5-3-4-6-21(16)31)36-26(39)19-9-8-18(32)13-20(19)29(33,34)35/h3-10,12-13,15,22-23H,11,14H2,1-2H3,(H,36,39)(H,37,40)/t22-,23-/m1/s1. The summed E-state index contributed by atoms with van der Waals surface area (Å²) in [6.45, 7) is 3.24. The van der Waals surface area contributed by atoms with Gasteiger partial charge in [0.1, 0.15) is 30.3 Å². The molecule has 4 rings (SSSR count). The van der Waals surface area contributed by atoms with Crippen molar-refractivity contribution in [2.75, 3.05) is 11.5 Å². The molecule has 0 saturated heterocycles. The minimum absolute atomic E-state index is 0.198. The van der Waals surface area contributed by atoms with Gasteiger partial charge in [0.15, 0.2) is 0 Å². The Balaban J connectivity index is 1.64. The highest BCUT2D eigenvalue weighted by Gasteiger charge is 2.38. The summed E-state index contributed by atoms with van der Waals surface area (Å²) in [7, 11) is 0. The van der Waals surface area contributed by atoms with Crippen LogP contribution >= 0.6 is 23.2 Å². The van der Waals surface area contributed by atoms with E-state index in [1.54, 1.807) is 50.2 Å². The molecule has 0 aliphatic carbocycles. The maximum Gasteiger partial charge on any atom is 0.417 e. The monoisotopic (exact) mass is 625 g/mol. The molecule has 1 aliphatic rings. The molecule has 0 unspecified atom stereocenters. The van der Waals surface area contributed by atoms with Crippen LogP contribution < -0.4 is 20.3 Å². The summed E-state index contributed by atoms with van der Waals surface area (Å²) >= 11 is 12.4. The van der Waals surface area contributed by atoms with E-state index in [1.165, 1.54) is 11.0 Å². The number of rotatable bonds is 7. The van der Waals surface area contributed by atoms with Gasteiger partial charge in [-0.3, -0.25) is 14.4 Å². The molecule has 1 heterocycles. The maximum absolute atomic E-state index is 13.6. The highest BCUT2D eigenvalue weighted by Crippen LogP contribution is 2.35. The topological polar surface area (TPSA) is 87.7 Å². The van der Waals surface area contributed by atoms with Gasteiger partial charge in [0.25, 0.3) is 11.8 Å². The number of benzene rings is 3. The summed E-state index contributed by atoms with van der Waals surface area (Å²) in [5.41, 5.74) is -1.54. The zero-order valence-corrected chi connectivity index (χ0v) is 23.8. The van der Waals surface area contributed by atoms with Crippen LogP contribution in [0, 0.1) is 5.82 Å². The number of carbonyl (C=O) groups excluding carboxylic acids is 3. The lowest BCUT2D eigenvalue weighted by Gasteiger charge is -2.29. The smallest absolute Gasteiger partial charge is 0.417 e. The number of anilines is 1. The van der Waals surface area contributed by atoms with Crippen LogP contribution in [-0.2, 0) is 22.2 Å². The molecule has 3 amide bonds. The number of nitrogens with zero attached hydrogens (tertiary/aromatic N) is 1. The van der Waals surface area contributed by atoms with Gasteiger partial charge in [-0.05, 0) is 55.8 Å². The van der Waals surface area contributed by atoms with Crippen molar-refractivity contribution in [3.63, 3.8) is 0 Å². The van der Waals surface area contributed by atoms with Crippen molar-refractivity contribution in [3.05, 3.63) is 93.2 Å². The Morgan fingerprint density at radius 2 is 1.79 bits per heavy atom. The van der Waals surface area contributed by atoms with Crippen LogP contribution in [0.2, 0.25) is 10.0 Å². The first-order valence-electron chi connectivity index (χ1n) is 12.7. The zero-order valence-electron chi connectivity index (χ0n) is 22.3. The van der Waals surface area contributed by atoms with E-state index in [4.69, 9.17) is 27.9 Å². The summed E-state index contributed by atoms with van der Waals surface area (Å²) < 4.78 is 60.3. The molecule has 3 aromatic carbocycles. The first kappa shape index (κ1) is 31.1. The second-order valence-corrected chi connectivity index (χ2v) is 10.6. The third kappa shape index (κ3) is 6.96. The number of amides is 3. The van der Waals surface area contributed by atoms with Crippen LogP contribution in [0.3, 0.4) is 0 Å². The van der Waals surface area contributed by atoms with Gasteiger partial charge in [0, 0.05) is 28.6 Å². The molecule has 1 aliphatic heterocycles. The lowest BCUT2D eigenvalue weighted by atomic mass is 10.0. The van der Waals surface area contributed by atoms with Crippen molar-refractivity contribution in [3.8, 4) is 5.75 Å². The molecular formula is C29H25Cl2F4N3O4. The fraction of sp³-hybridized carbons (Fsp3) is 0.276. The second kappa shape index (κ2) is 12.6. The Labute approximate surface area is 248 Å². The van der Waals surface area contributed by atoms with Crippen molar-refractivity contribution in [1.82, 2.24) is 10.6 Å². The van der Waals surface area contributed by atoms with Crippen molar-refractivity contribution in [2.24, 2.45) is 0 Å². The first-order valence-corrected chi connectivity index (χ1v) is 13.5. The summed E-state index contributed by atoms with van der Waals surface area (Å²) in [5, 5.41) is 5.48. The molecule has 0 aromatic heterocycles. The summed E-state index contributed by atoms with van der Waals surface area (Å²) in [6, 6.07) is 9.65. The molecular weight excluding hydrogens is 601 g/mol. The van der Waals surface area contributed by atoms with Crippen LogP contribution in [-0.4, -0.2) is 42.5 Å². The van der Waals surface area contributed by atoms with Crippen LogP contribution in [0.5, 0.6) is 5.75 Å². The number of ether oxygens (including phenoxy) is 1. The van der Waals surface area contributed by atoms with E-state index >= 15 is 0 Å². The lowest BCUT2D eigenvalue weighted by Crippen LogP contribution is -2.57.